The van der Waals surface area contributed by atoms with E-state index in [-0.39, 0.29) is 0 Å². The van der Waals surface area contributed by atoms with Gasteiger partial charge in [0.05, 0.1) is 6.20 Å². The highest BCUT2D eigenvalue weighted by molar-refractivity contribution is 7.80. The van der Waals surface area contributed by atoms with Crippen molar-refractivity contribution in [2.45, 2.75) is 11.4 Å². The van der Waals surface area contributed by atoms with E-state index in [1.54, 1.807) is 12.4 Å². The normalized spacial score (nSPS) is 10.2. The van der Waals surface area contributed by atoms with Crippen molar-refractivity contribution in [1.29, 1.82) is 0 Å². The van der Waals surface area contributed by atoms with Gasteiger partial charge in [0.2, 0.25) is 0 Å². The van der Waals surface area contributed by atoms with E-state index in [0.29, 0.717) is 0 Å². The number of ether oxygens (including phenoxy) is 1. The van der Waals surface area contributed by atoms with E-state index in [1.165, 1.54) is 0 Å². The maximum atomic E-state index is 5.70. The quantitative estimate of drug-likeness (QED) is 0.814. The van der Waals surface area contributed by atoms with Gasteiger partial charge in [0.1, 0.15) is 11.5 Å². The zero-order valence-corrected chi connectivity index (χ0v) is 10.4. The van der Waals surface area contributed by atoms with E-state index in [0.717, 1.165) is 28.5 Å². The zero-order chi connectivity index (χ0) is 12.1. The Labute approximate surface area is 106 Å². The lowest BCUT2D eigenvalue weighted by atomic mass is 10.2. The van der Waals surface area contributed by atoms with Crippen LogP contribution in [0.4, 0.5) is 0 Å². The molecular weight excluding hydrogens is 232 g/mol. The third-order valence-electron chi connectivity index (χ3n) is 2.29. The molecule has 0 aliphatic rings. The summed E-state index contributed by atoms with van der Waals surface area (Å²) in [6.45, 7) is 0.767. The van der Waals surface area contributed by atoms with Crippen LogP contribution in [0.2, 0.25) is 0 Å². The highest BCUT2D eigenvalue weighted by Crippen LogP contribution is 2.24. The van der Waals surface area contributed by atoms with Gasteiger partial charge in [0.15, 0.2) is 0 Å². The second kappa shape index (κ2) is 5.70. The third-order valence-corrected chi connectivity index (χ3v) is 2.72. The maximum absolute atomic E-state index is 5.70. The van der Waals surface area contributed by atoms with Crippen molar-refractivity contribution in [2.75, 3.05) is 7.05 Å². The van der Waals surface area contributed by atoms with E-state index in [1.807, 2.05) is 37.4 Å². The predicted octanol–water partition coefficient (Wildman–Crippen LogP) is 2.88. The molecule has 0 spiro atoms. The fraction of sp³-hybridized carbons (Fsp3) is 0.154. The number of benzene rings is 1. The van der Waals surface area contributed by atoms with Crippen LogP contribution in [0.5, 0.6) is 11.5 Å². The number of nitrogens with one attached hydrogen (secondary N) is 1. The number of thiol groups is 1. The molecule has 0 amide bonds. The summed E-state index contributed by atoms with van der Waals surface area (Å²) >= 11 is 4.40. The van der Waals surface area contributed by atoms with Crippen LogP contribution in [-0.2, 0) is 6.54 Å². The lowest BCUT2D eigenvalue weighted by molar-refractivity contribution is 0.478. The van der Waals surface area contributed by atoms with Gasteiger partial charge in [0, 0.05) is 17.6 Å². The van der Waals surface area contributed by atoms with Crippen LogP contribution in [0, 0.1) is 0 Å². The first kappa shape index (κ1) is 12.0. The SMILES string of the molecule is CNCc1cc(Oc2cccnc2)ccc1S. The first-order valence-corrected chi connectivity index (χ1v) is 5.78. The molecule has 4 heteroatoms. The van der Waals surface area contributed by atoms with Gasteiger partial charge in [-0.15, -0.1) is 12.6 Å². The highest BCUT2D eigenvalue weighted by Gasteiger charge is 2.02. The molecule has 88 valence electrons. The van der Waals surface area contributed by atoms with Crippen LogP contribution in [0.25, 0.3) is 0 Å². The Hall–Kier alpha value is -1.52. The Morgan fingerprint density at radius 3 is 2.88 bits per heavy atom. The lowest BCUT2D eigenvalue weighted by Crippen LogP contribution is -2.05. The van der Waals surface area contributed by atoms with Crippen molar-refractivity contribution < 1.29 is 4.74 Å². The van der Waals surface area contributed by atoms with E-state index < -0.39 is 0 Å². The third kappa shape index (κ3) is 3.22. The topological polar surface area (TPSA) is 34.1 Å². The summed E-state index contributed by atoms with van der Waals surface area (Å²) in [5.74, 6) is 1.52. The molecule has 0 fully saturated rings. The van der Waals surface area contributed by atoms with Gasteiger partial charge in [-0.05, 0) is 42.9 Å². The van der Waals surface area contributed by atoms with Gasteiger partial charge in [-0.2, -0.15) is 0 Å². The fourth-order valence-electron chi connectivity index (χ4n) is 1.50. The molecule has 0 aliphatic carbocycles. The molecule has 0 saturated carbocycles. The minimum atomic E-state index is 0.731. The molecule has 0 bridgehead atoms. The molecular formula is C13H14N2OS. The molecule has 0 unspecified atom stereocenters. The van der Waals surface area contributed by atoms with Crippen molar-refractivity contribution in [3.8, 4) is 11.5 Å². The first-order valence-electron chi connectivity index (χ1n) is 5.34. The van der Waals surface area contributed by atoms with E-state index in [9.17, 15) is 0 Å². The second-order valence-electron chi connectivity index (χ2n) is 3.61. The van der Waals surface area contributed by atoms with Gasteiger partial charge in [-0.1, -0.05) is 0 Å². The number of hydrogen-bond donors (Lipinski definition) is 2. The molecule has 0 aliphatic heterocycles. The number of aromatic nitrogens is 1. The zero-order valence-electron chi connectivity index (χ0n) is 9.55. The molecule has 1 aromatic carbocycles. The van der Waals surface area contributed by atoms with E-state index >= 15 is 0 Å². The molecule has 0 radical (unpaired) electrons. The van der Waals surface area contributed by atoms with Gasteiger partial charge in [-0.3, -0.25) is 4.98 Å². The molecule has 17 heavy (non-hydrogen) atoms. The summed E-state index contributed by atoms with van der Waals surface area (Å²) in [7, 11) is 1.90. The van der Waals surface area contributed by atoms with Crippen LogP contribution in [-0.4, -0.2) is 12.0 Å². The van der Waals surface area contributed by atoms with Gasteiger partial charge in [0.25, 0.3) is 0 Å². The predicted molar refractivity (Wildman–Crippen MR) is 70.8 cm³/mol. The molecule has 2 rings (SSSR count). The molecule has 0 atom stereocenters. The van der Waals surface area contributed by atoms with Crippen LogP contribution < -0.4 is 10.1 Å². The number of nitrogens with zero attached hydrogens (tertiary/aromatic N) is 1. The maximum Gasteiger partial charge on any atom is 0.145 e. The van der Waals surface area contributed by atoms with Gasteiger partial charge >= 0.3 is 0 Å². The second-order valence-corrected chi connectivity index (χ2v) is 4.09. The van der Waals surface area contributed by atoms with Crippen LogP contribution in [0.3, 0.4) is 0 Å². The standard InChI is InChI=1S/C13H14N2OS/c1-14-8-10-7-11(4-5-13(10)17)16-12-3-2-6-15-9-12/h2-7,9,14,17H,8H2,1H3. The molecule has 1 N–H and O–H groups in total. The minimum Gasteiger partial charge on any atom is -0.456 e. The van der Waals surface area contributed by atoms with Crippen LogP contribution >= 0.6 is 12.6 Å². The van der Waals surface area contributed by atoms with E-state index in [4.69, 9.17) is 4.74 Å². The molecule has 2 aromatic rings. The minimum absolute atomic E-state index is 0.731. The smallest absolute Gasteiger partial charge is 0.145 e. The van der Waals surface area contributed by atoms with Crippen LogP contribution in [0.1, 0.15) is 5.56 Å². The fourth-order valence-corrected chi connectivity index (χ4v) is 1.72. The Morgan fingerprint density at radius 1 is 1.29 bits per heavy atom. The Balaban J connectivity index is 2.19. The number of pyridine rings is 1. The first-order chi connectivity index (χ1) is 8.29. The van der Waals surface area contributed by atoms with Crippen molar-refractivity contribution in [2.24, 2.45) is 0 Å². The lowest BCUT2D eigenvalue weighted by Gasteiger charge is -2.09. The Bertz CT molecular complexity index is 488. The number of rotatable bonds is 4. The molecule has 0 saturated heterocycles. The molecule has 1 heterocycles. The monoisotopic (exact) mass is 246 g/mol. The Kier molecular flexibility index (Phi) is 4.01. The summed E-state index contributed by atoms with van der Waals surface area (Å²) in [6.07, 6.45) is 3.41. The molecule has 3 nitrogen and oxygen atoms in total. The van der Waals surface area contributed by atoms with Crippen molar-refractivity contribution in [1.82, 2.24) is 10.3 Å². The summed E-state index contributed by atoms with van der Waals surface area (Å²) in [6, 6.07) is 9.53. The summed E-state index contributed by atoms with van der Waals surface area (Å²) in [4.78, 5) is 4.96. The summed E-state index contributed by atoms with van der Waals surface area (Å²) in [5, 5.41) is 3.10. The van der Waals surface area contributed by atoms with Crippen molar-refractivity contribution in [3.63, 3.8) is 0 Å². The van der Waals surface area contributed by atoms with Crippen LogP contribution in [0.15, 0.2) is 47.6 Å². The average Bonchev–Trinajstić information content (AvgIpc) is 2.35. The van der Waals surface area contributed by atoms with Crippen molar-refractivity contribution in [3.05, 3.63) is 48.3 Å². The van der Waals surface area contributed by atoms with Crippen molar-refractivity contribution >= 4 is 12.6 Å². The summed E-state index contributed by atoms with van der Waals surface area (Å²) < 4.78 is 5.70. The Morgan fingerprint density at radius 2 is 2.18 bits per heavy atom. The van der Waals surface area contributed by atoms with Gasteiger partial charge < -0.3 is 10.1 Å². The summed E-state index contributed by atoms with van der Waals surface area (Å²) in [5.41, 5.74) is 1.11. The highest BCUT2D eigenvalue weighted by atomic mass is 32.1. The molecule has 1 aromatic heterocycles. The largest absolute Gasteiger partial charge is 0.456 e. The van der Waals surface area contributed by atoms with E-state index in [2.05, 4.69) is 22.9 Å². The van der Waals surface area contributed by atoms with Gasteiger partial charge in [-0.25, -0.2) is 0 Å². The number of hydrogen-bond acceptors (Lipinski definition) is 4. The average molecular weight is 246 g/mol.